The second-order valence-electron chi connectivity index (χ2n) is 3.75. The van der Waals surface area contributed by atoms with Crippen molar-refractivity contribution in [1.29, 1.82) is 0 Å². The van der Waals surface area contributed by atoms with Crippen LogP contribution in [0.4, 0.5) is 0 Å². The average Bonchev–Trinajstić information content (AvgIpc) is 2.38. The molecule has 0 unspecified atom stereocenters. The second-order valence-corrected chi connectivity index (χ2v) is 4.19. The Morgan fingerprint density at radius 3 is 2.61 bits per heavy atom. The number of amides is 1. The second kappa shape index (κ2) is 7.95. The lowest BCUT2D eigenvalue weighted by Gasteiger charge is -2.17. The van der Waals surface area contributed by atoms with E-state index in [2.05, 4.69) is 5.32 Å². The van der Waals surface area contributed by atoms with Crippen LogP contribution in [0.3, 0.4) is 0 Å². The van der Waals surface area contributed by atoms with E-state index in [1.54, 1.807) is 31.4 Å². The summed E-state index contributed by atoms with van der Waals surface area (Å²) in [6.45, 7) is 2.87. The Hall–Kier alpha value is -1.26. The zero-order valence-electron chi connectivity index (χ0n) is 10.6. The minimum Gasteiger partial charge on any atom is -0.481 e. The van der Waals surface area contributed by atoms with Crippen LogP contribution in [0.15, 0.2) is 24.3 Å². The van der Waals surface area contributed by atoms with Gasteiger partial charge in [0.1, 0.15) is 5.75 Å². The third-order valence-corrected chi connectivity index (χ3v) is 2.61. The number of hydrogen-bond acceptors (Lipinski definition) is 3. The smallest absolute Gasteiger partial charge is 0.261 e. The van der Waals surface area contributed by atoms with Gasteiger partial charge in [-0.05, 0) is 30.7 Å². The van der Waals surface area contributed by atoms with Gasteiger partial charge < -0.3 is 14.8 Å². The first-order valence-corrected chi connectivity index (χ1v) is 6.24. The quantitative estimate of drug-likeness (QED) is 0.774. The van der Waals surface area contributed by atoms with Crippen LogP contribution in [0.2, 0.25) is 5.02 Å². The SMILES string of the molecule is CC[C@H](Oc1ccc(Cl)cc1)C(=O)NCCOC. The molecule has 18 heavy (non-hydrogen) atoms. The number of hydrogen-bond donors (Lipinski definition) is 1. The number of benzene rings is 1. The normalized spacial score (nSPS) is 11.9. The van der Waals surface area contributed by atoms with E-state index in [4.69, 9.17) is 21.1 Å². The fourth-order valence-electron chi connectivity index (χ4n) is 1.39. The molecule has 0 radical (unpaired) electrons. The van der Waals surface area contributed by atoms with E-state index in [0.29, 0.717) is 30.3 Å². The van der Waals surface area contributed by atoms with Crippen molar-refractivity contribution < 1.29 is 14.3 Å². The van der Waals surface area contributed by atoms with E-state index >= 15 is 0 Å². The van der Waals surface area contributed by atoms with E-state index in [0.717, 1.165) is 0 Å². The molecule has 1 N–H and O–H groups in total. The number of nitrogens with one attached hydrogen (secondary N) is 1. The zero-order valence-corrected chi connectivity index (χ0v) is 11.4. The summed E-state index contributed by atoms with van der Waals surface area (Å²) < 4.78 is 10.5. The summed E-state index contributed by atoms with van der Waals surface area (Å²) in [5.41, 5.74) is 0. The van der Waals surface area contributed by atoms with Crippen LogP contribution in [-0.2, 0) is 9.53 Å². The van der Waals surface area contributed by atoms with Gasteiger partial charge in [-0.3, -0.25) is 4.79 Å². The summed E-state index contributed by atoms with van der Waals surface area (Å²) >= 11 is 5.78. The summed E-state index contributed by atoms with van der Waals surface area (Å²) in [7, 11) is 1.59. The molecule has 0 saturated carbocycles. The lowest BCUT2D eigenvalue weighted by Crippen LogP contribution is -2.39. The summed E-state index contributed by atoms with van der Waals surface area (Å²) in [5.74, 6) is 0.498. The molecular weight excluding hydrogens is 254 g/mol. The van der Waals surface area contributed by atoms with Crippen LogP contribution in [0.1, 0.15) is 13.3 Å². The maximum absolute atomic E-state index is 11.8. The van der Waals surface area contributed by atoms with Crippen LogP contribution >= 0.6 is 11.6 Å². The van der Waals surface area contributed by atoms with Gasteiger partial charge in [-0.25, -0.2) is 0 Å². The molecule has 4 nitrogen and oxygen atoms in total. The Kier molecular flexibility index (Phi) is 6.54. The molecule has 0 saturated heterocycles. The maximum atomic E-state index is 11.8. The first-order chi connectivity index (χ1) is 8.67. The van der Waals surface area contributed by atoms with E-state index < -0.39 is 6.10 Å². The van der Waals surface area contributed by atoms with Gasteiger partial charge in [0, 0.05) is 18.7 Å². The minimum atomic E-state index is -0.497. The molecule has 100 valence electrons. The molecule has 5 heteroatoms. The largest absolute Gasteiger partial charge is 0.481 e. The van der Waals surface area contributed by atoms with Crippen molar-refractivity contribution in [3.63, 3.8) is 0 Å². The number of carbonyl (C=O) groups is 1. The van der Waals surface area contributed by atoms with Crippen molar-refractivity contribution >= 4 is 17.5 Å². The third-order valence-electron chi connectivity index (χ3n) is 2.36. The van der Waals surface area contributed by atoms with E-state index in [-0.39, 0.29) is 5.91 Å². The molecule has 0 aromatic heterocycles. The van der Waals surface area contributed by atoms with Crippen molar-refractivity contribution in [2.75, 3.05) is 20.3 Å². The summed E-state index contributed by atoms with van der Waals surface area (Å²) in [6.07, 6.45) is 0.101. The Labute approximate surface area is 112 Å². The van der Waals surface area contributed by atoms with E-state index in [1.165, 1.54) is 0 Å². The summed E-state index contributed by atoms with van der Waals surface area (Å²) in [5, 5.41) is 3.39. The highest BCUT2D eigenvalue weighted by molar-refractivity contribution is 6.30. The van der Waals surface area contributed by atoms with Crippen molar-refractivity contribution in [3.8, 4) is 5.75 Å². The standard InChI is InChI=1S/C13H18ClNO3/c1-3-12(13(16)15-8-9-17-2)18-11-6-4-10(14)5-7-11/h4-7,12H,3,8-9H2,1-2H3,(H,15,16)/t12-/m0/s1. The van der Waals surface area contributed by atoms with Crippen LogP contribution in [-0.4, -0.2) is 32.3 Å². The van der Waals surface area contributed by atoms with Gasteiger partial charge >= 0.3 is 0 Å². The van der Waals surface area contributed by atoms with E-state index in [1.807, 2.05) is 6.92 Å². The first-order valence-electron chi connectivity index (χ1n) is 5.86. The number of ether oxygens (including phenoxy) is 2. The van der Waals surface area contributed by atoms with E-state index in [9.17, 15) is 4.79 Å². The molecule has 0 aliphatic heterocycles. The number of carbonyl (C=O) groups excluding carboxylic acids is 1. The predicted molar refractivity (Wildman–Crippen MR) is 71.0 cm³/mol. The highest BCUT2D eigenvalue weighted by atomic mass is 35.5. The molecule has 0 aliphatic carbocycles. The molecular formula is C13H18ClNO3. The molecule has 0 spiro atoms. The lowest BCUT2D eigenvalue weighted by atomic mass is 10.2. The van der Waals surface area contributed by atoms with Crippen LogP contribution in [0.5, 0.6) is 5.75 Å². The average molecular weight is 272 g/mol. The molecule has 1 aromatic carbocycles. The van der Waals surface area contributed by atoms with Crippen molar-refractivity contribution in [3.05, 3.63) is 29.3 Å². The maximum Gasteiger partial charge on any atom is 0.261 e. The third kappa shape index (κ3) is 4.94. The van der Waals surface area contributed by atoms with Gasteiger partial charge in [0.15, 0.2) is 6.10 Å². The van der Waals surface area contributed by atoms with Gasteiger partial charge in [0.05, 0.1) is 6.61 Å². The summed E-state index contributed by atoms with van der Waals surface area (Å²) in [6, 6.07) is 6.94. The molecule has 1 amide bonds. The molecule has 0 heterocycles. The molecule has 1 aromatic rings. The first kappa shape index (κ1) is 14.8. The molecule has 1 rings (SSSR count). The van der Waals surface area contributed by atoms with Crippen LogP contribution in [0, 0.1) is 0 Å². The van der Waals surface area contributed by atoms with Crippen molar-refractivity contribution in [2.45, 2.75) is 19.4 Å². The zero-order chi connectivity index (χ0) is 13.4. The van der Waals surface area contributed by atoms with Crippen molar-refractivity contribution in [1.82, 2.24) is 5.32 Å². The lowest BCUT2D eigenvalue weighted by molar-refractivity contribution is -0.128. The number of rotatable bonds is 7. The van der Waals surface area contributed by atoms with Gasteiger partial charge in [-0.15, -0.1) is 0 Å². The minimum absolute atomic E-state index is 0.135. The monoisotopic (exact) mass is 271 g/mol. The van der Waals surface area contributed by atoms with Gasteiger partial charge in [-0.2, -0.15) is 0 Å². The fourth-order valence-corrected chi connectivity index (χ4v) is 1.52. The highest BCUT2D eigenvalue weighted by Crippen LogP contribution is 2.17. The predicted octanol–water partition coefficient (Wildman–Crippen LogP) is 2.26. The Morgan fingerprint density at radius 2 is 2.06 bits per heavy atom. The molecule has 0 fully saturated rings. The number of halogens is 1. The Morgan fingerprint density at radius 1 is 1.39 bits per heavy atom. The number of methoxy groups -OCH3 is 1. The fraction of sp³-hybridized carbons (Fsp3) is 0.462. The van der Waals surface area contributed by atoms with Crippen LogP contribution < -0.4 is 10.1 Å². The Balaban J connectivity index is 2.50. The topological polar surface area (TPSA) is 47.6 Å². The molecule has 1 atom stereocenters. The Bertz CT molecular complexity index is 367. The molecule has 0 bridgehead atoms. The summed E-state index contributed by atoms with van der Waals surface area (Å²) in [4.78, 5) is 11.8. The van der Waals surface area contributed by atoms with Gasteiger partial charge in [-0.1, -0.05) is 18.5 Å². The van der Waals surface area contributed by atoms with Crippen molar-refractivity contribution in [2.24, 2.45) is 0 Å². The highest BCUT2D eigenvalue weighted by Gasteiger charge is 2.17. The van der Waals surface area contributed by atoms with Crippen LogP contribution in [0.25, 0.3) is 0 Å². The van der Waals surface area contributed by atoms with Gasteiger partial charge in [0.25, 0.3) is 5.91 Å². The molecule has 0 aliphatic rings. The van der Waals surface area contributed by atoms with Gasteiger partial charge in [0.2, 0.25) is 0 Å².